The van der Waals surface area contributed by atoms with Crippen molar-refractivity contribution < 1.29 is 4.74 Å². The van der Waals surface area contributed by atoms with E-state index in [1.807, 2.05) is 50.5 Å². The molecule has 1 N–H and O–H groups in total. The topological polar surface area (TPSA) is 68.6 Å². The van der Waals surface area contributed by atoms with Gasteiger partial charge < -0.3 is 9.72 Å². The second-order valence-electron chi connectivity index (χ2n) is 5.66. The Balaban J connectivity index is 1.90. The van der Waals surface area contributed by atoms with Crippen LogP contribution in [0.4, 0.5) is 0 Å². The third-order valence-electron chi connectivity index (χ3n) is 4.08. The van der Waals surface area contributed by atoms with Crippen LogP contribution < -0.4 is 4.74 Å². The van der Waals surface area contributed by atoms with Gasteiger partial charge in [0.25, 0.3) is 0 Å². The predicted octanol–water partition coefficient (Wildman–Crippen LogP) is 3.44. The Bertz CT molecular complexity index is 1020. The van der Waals surface area contributed by atoms with E-state index in [-0.39, 0.29) is 0 Å². The molecule has 0 fully saturated rings. The highest BCUT2D eigenvalue weighted by Crippen LogP contribution is 2.33. The van der Waals surface area contributed by atoms with Crippen LogP contribution in [0.2, 0.25) is 0 Å². The molecule has 0 saturated carbocycles. The largest absolute Gasteiger partial charge is 0.496 e. The molecule has 0 bridgehead atoms. The average molecular weight is 319 g/mol. The molecule has 0 aliphatic heterocycles. The molecule has 0 saturated heterocycles. The van der Waals surface area contributed by atoms with Crippen molar-refractivity contribution in [1.82, 2.24) is 24.7 Å². The van der Waals surface area contributed by atoms with Crippen molar-refractivity contribution in [2.75, 3.05) is 7.11 Å². The molecular weight excluding hydrogens is 302 g/mol. The summed E-state index contributed by atoms with van der Waals surface area (Å²) in [5.41, 5.74) is 6.30. The molecule has 4 rings (SSSR count). The summed E-state index contributed by atoms with van der Waals surface area (Å²) in [6.45, 7) is 3.98. The number of H-pyrrole nitrogens is 1. The van der Waals surface area contributed by atoms with Gasteiger partial charge in [0.15, 0.2) is 5.65 Å². The normalized spacial score (nSPS) is 11.1. The van der Waals surface area contributed by atoms with Crippen molar-refractivity contribution >= 4 is 11.2 Å². The van der Waals surface area contributed by atoms with Crippen LogP contribution in [-0.2, 0) is 0 Å². The molecule has 6 heteroatoms. The number of aromatic nitrogens is 5. The van der Waals surface area contributed by atoms with E-state index in [1.165, 1.54) is 0 Å². The number of rotatable bonds is 3. The number of nitrogens with zero attached hydrogens (tertiary/aromatic N) is 4. The molecule has 24 heavy (non-hydrogen) atoms. The van der Waals surface area contributed by atoms with Gasteiger partial charge in [-0.2, -0.15) is 5.10 Å². The van der Waals surface area contributed by atoms with E-state index in [4.69, 9.17) is 9.72 Å². The quantitative estimate of drug-likeness (QED) is 0.628. The highest BCUT2D eigenvalue weighted by Gasteiger charge is 2.15. The van der Waals surface area contributed by atoms with Crippen molar-refractivity contribution in [3.05, 3.63) is 54.1 Å². The second-order valence-corrected chi connectivity index (χ2v) is 5.66. The molecule has 0 spiro atoms. The van der Waals surface area contributed by atoms with Gasteiger partial charge in [0.05, 0.1) is 24.2 Å². The maximum absolute atomic E-state index is 5.60. The van der Waals surface area contributed by atoms with Crippen molar-refractivity contribution in [3.63, 3.8) is 0 Å². The lowest BCUT2D eigenvalue weighted by molar-refractivity contribution is 0.416. The minimum Gasteiger partial charge on any atom is -0.496 e. The van der Waals surface area contributed by atoms with E-state index in [9.17, 15) is 0 Å². The van der Waals surface area contributed by atoms with E-state index in [0.717, 1.165) is 45.1 Å². The monoisotopic (exact) mass is 319 g/mol. The first-order chi connectivity index (χ1) is 11.7. The Morgan fingerprint density at radius 3 is 2.79 bits per heavy atom. The van der Waals surface area contributed by atoms with Crippen LogP contribution in [0.25, 0.3) is 28.1 Å². The van der Waals surface area contributed by atoms with E-state index < -0.39 is 0 Å². The molecule has 0 unspecified atom stereocenters. The van der Waals surface area contributed by atoms with Gasteiger partial charge in [-0.25, -0.2) is 14.6 Å². The summed E-state index contributed by atoms with van der Waals surface area (Å²) in [6.07, 6.45) is 5.57. The van der Waals surface area contributed by atoms with Crippen LogP contribution in [0.5, 0.6) is 5.75 Å². The Labute approximate surface area is 139 Å². The molecule has 0 aliphatic carbocycles. The molecule has 6 nitrogen and oxygen atoms in total. The highest BCUT2D eigenvalue weighted by molar-refractivity contribution is 5.80. The summed E-state index contributed by atoms with van der Waals surface area (Å²) < 4.78 is 7.40. The number of hydrogen-bond acceptors (Lipinski definition) is 4. The summed E-state index contributed by atoms with van der Waals surface area (Å²) >= 11 is 0. The average Bonchev–Trinajstić information content (AvgIpc) is 3.24. The van der Waals surface area contributed by atoms with Gasteiger partial charge in [0.2, 0.25) is 0 Å². The first-order valence-corrected chi connectivity index (χ1v) is 7.68. The first-order valence-electron chi connectivity index (χ1n) is 7.68. The van der Waals surface area contributed by atoms with E-state index in [2.05, 4.69) is 15.1 Å². The van der Waals surface area contributed by atoms with Gasteiger partial charge in [-0.15, -0.1) is 0 Å². The fourth-order valence-corrected chi connectivity index (χ4v) is 2.83. The van der Waals surface area contributed by atoms with Crippen LogP contribution in [0.15, 0.2) is 42.9 Å². The maximum atomic E-state index is 5.60. The summed E-state index contributed by atoms with van der Waals surface area (Å²) in [6, 6.07) is 7.84. The number of fused-ring (bicyclic) bond motifs is 1. The molecular formula is C18H17N5O. The molecule has 4 aromatic rings. The van der Waals surface area contributed by atoms with Gasteiger partial charge in [0.1, 0.15) is 11.3 Å². The molecule has 0 radical (unpaired) electrons. The van der Waals surface area contributed by atoms with Crippen molar-refractivity contribution in [1.29, 1.82) is 0 Å². The number of nitrogens with one attached hydrogen (secondary N) is 1. The van der Waals surface area contributed by atoms with Crippen LogP contribution in [0.3, 0.4) is 0 Å². The van der Waals surface area contributed by atoms with Gasteiger partial charge >= 0.3 is 0 Å². The number of ether oxygens (including phenoxy) is 1. The lowest BCUT2D eigenvalue weighted by atomic mass is 10.1. The van der Waals surface area contributed by atoms with Crippen LogP contribution in [-0.4, -0.2) is 31.8 Å². The summed E-state index contributed by atoms with van der Waals surface area (Å²) in [5.74, 6) is 0.743. The molecule has 1 aromatic carbocycles. The van der Waals surface area contributed by atoms with Crippen LogP contribution in [0, 0.1) is 13.8 Å². The van der Waals surface area contributed by atoms with E-state index in [1.54, 1.807) is 18.0 Å². The molecule has 0 amide bonds. The molecule has 0 atom stereocenters. The molecule has 0 aliphatic rings. The lowest BCUT2D eigenvalue weighted by Crippen LogP contribution is -1.99. The van der Waals surface area contributed by atoms with Crippen molar-refractivity contribution in [2.45, 2.75) is 13.8 Å². The van der Waals surface area contributed by atoms with Crippen molar-refractivity contribution in [3.8, 4) is 22.7 Å². The van der Waals surface area contributed by atoms with E-state index >= 15 is 0 Å². The maximum Gasteiger partial charge on any atom is 0.156 e. The summed E-state index contributed by atoms with van der Waals surface area (Å²) in [4.78, 5) is 12.6. The lowest BCUT2D eigenvalue weighted by Gasteiger charge is -2.12. The van der Waals surface area contributed by atoms with Gasteiger partial charge in [0, 0.05) is 30.2 Å². The number of aromatic amines is 1. The van der Waals surface area contributed by atoms with Gasteiger partial charge in [-0.1, -0.05) is 0 Å². The van der Waals surface area contributed by atoms with Crippen LogP contribution in [0.1, 0.15) is 11.3 Å². The Kier molecular flexibility index (Phi) is 3.30. The smallest absolute Gasteiger partial charge is 0.156 e. The minimum atomic E-state index is 0.743. The Morgan fingerprint density at radius 2 is 2.04 bits per heavy atom. The van der Waals surface area contributed by atoms with E-state index in [0.29, 0.717) is 0 Å². The van der Waals surface area contributed by atoms with Gasteiger partial charge in [-0.05, 0) is 37.6 Å². The summed E-state index contributed by atoms with van der Waals surface area (Å²) in [5, 5.41) is 4.26. The molecule has 3 aromatic heterocycles. The third kappa shape index (κ3) is 2.23. The Morgan fingerprint density at radius 1 is 1.17 bits per heavy atom. The molecule has 120 valence electrons. The zero-order valence-electron chi connectivity index (χ0n) is 13.7. The fourth-order valence-electron chi connectivity index (χ4n) is 2.83. The fraction of sp³-hybridized carbons (Fsp3) is 0.167. The van der Waals surface area contributed by atoms with Crippen LogP contribution >= 0.6 is 0 Å². The number of methoxy groups -OCH3 is 1. The number of aryl methyl sites for hydroxylation is 2. The first kappa shape index (κ1) is 14.4. The predicted molar refractivity (Wildman–Crippen MR) is 92.5 cm³/mol. The Hall–Kier alpha value is -3.15. The molecule has 3 heterocycles. The van der Waals surface area contributed by atoms with Gasteiger partial charge in [-0.3, -0.25) is 0 Å². The zero-order valence-corrected chi connectivity index (χ0v) is 13.7. The summed E-state index contributed by atoms with van der Waals surface area (Å²) in [7, 11) is 1.66. The number of hydrogen-bond donors (Lipinski definition) is 1. The standard InChI is InChI=1S/C18H17N5O/c1-11-10-19-18-16(11)22-17(12(2)21-18)14-6-5-13(9-15(14)24-3)23-8-4-7-20-23/h4-10H,1-3H3,(H,19,21). The minimum absolute atomic E-state index is 0.743. The zero-order chi connectivity index (χ0) is 16.7. The SMILES string of the molecule is COc1cc(-n2cccn2)ccc1-c1nc2c(C)c[nH]c2nc1C. The highest BCUT2D eigenvalue weighted by atomic mass is 16.5. The third-order valence-corrected chi connectivity index (χ3v) is 4.08. The second kappa shape index (κ2) is 5.49. The van der Waals surface area contributed by atoms with Crippen molar-refractivity contribution in [2.24, 2.45) is 0 Å². The number of benzene rings is 1.